The molecular weight excluding hydrogens is 495 g/mol. The summed E-state index contributed by atoms with van der Waals surface area (Å²) >= 11 is 6.02. The molecule has 2 aromatic rings. The highest BCUT2D eigenvalue weighted by Crippen LogP contribution is 2.36. The molecule has 0 saturated heterocycles. The number of hydrogen-bond acceptors (Lipinski definition) is 5. The minimum Gasteiger partial charge on any atom is -0.368 e. The molecule has 2 N–H and O–H groups in total. The van der Waals surface area contributed by atoms with Crippen LogP contribution >= 0.6 is 11.6 Å². The van der Waals surface area contributed by atoms with Crippen LogP contribution in [0.15, 0.2) is 30.5 Å². The number of anilines is 2. The van der Waals surface area contributed by atoms with Gasteiger partial charge in [0, 0.05) is 56.9 Å². The molecule has 1 saturated carbocycles. The molecule has 194 valence electrons. The molecule has 4 rings (SSSR count). The van der Waals surface area contributed by atoms with Crippen LogP contribution in [0.5, 0.6) is 0 Å². The Bertz CT molecular complexity index is 1140. The van der Waals surface area contributed by atoms with Crippen molar-refractivity contribution < 1.29 is 22.8 Å². The number of alkyl halides is 3. The van der Waals surface area contributed by atoms with Gasteiger partial charge in [-0.05, 0) is 55.5 Å². The van der Waals surface area contributed by atoms with Gasteiger partial charge in [0.2, 0.25) is 5.91 Å². The van der Waals surface area contributed by atoms with Crippen molar-refractivity contribution in [2.24, 2.45) is 5.92 Å². The van der Waals surface area contributed by atoms with Crippen molar-refractivity contribution in [1.82, 2.24) is 15.2 Å². The molecule has 1 aromatic carbocycles. The van der Waals surface area contributed by atoms with E-state index in [1.807, 2.05) is 0 Å². The zero-order chi connectivity index (χ0) is 26.0. The number of amides is 2. The molecule has 0 bridgehead atoms. The number of nitrogens with one attached hydrogen (secondary N) is 2. The van der Waals surface area contributed by atoms with Gasteiger partial charge in [-0.25, -0.2) is 4.98 Å². The normalized spacial score (nSPS) is 19.8. The number of fused-ring (bicyclic) bond motifs is 1. The Morgan fingerprint density at radius 1 is 1.25 bits per heavy atom. The fraction of sp³-hybridized carbons (Fsp3) is 0.480. The summed E-state index contributed by atoms with van der Waals surface area (Å²) in [6.45, 7) is 1.05. The Kier molecular flexibility index (Phi) is 7.63. The molecule has 36 heavy (non-hydrogen) atoms. The first-order chi connectivity index (χ1) is 17.0. The van der Waals surface area contributed by atoms with Gasteiger partial charge in [-0.1, -0.05) is 11.6 Å². The summed E-state index contributed by atoms with van der Waals surface area (Å²) in [5.74, 6) is 0.128. The van der Waals surface area contributed by atoms with Crippen LogP contribution in [-0.4, -0.2) is 54.9 Å². The van der Waals surface area contributed by atoms with Crippen LogP contribution in [0, 0.1) is 5.92 Å². The van der Waals surface area contributed by atoms with Crippen LogP contribution in [0.3, 0.4) is 0 Å². The van der Waals surface area contributed by atoms with E-state index in [1.54, 1.807) is 30.0 Å². The Hall–Kier alpha value is -3.01. The van der Waals surface area contributed by atoms with E-state index in [9.17, 15) is 22.8 Å². The van der Waals surface area contributed by atoms with Crippen molar-refractivity contribution in [3.8, 4) is 0 Å². The summed E-state index contributed by atoms with van der Waals surface area (Å²) < 4.78 is 40.9. The van der Waals surface area contributed by atoms with Gasteiger partial charge < -0.3 is 20.4 Å². The fourth-order valence-electron chi connectivity index (χ4n) is 4.86. The second-order valence-corrected chi connectivity index (χ2v) is 9.94. The Morgan fingerprint density at radius 3 is 2.75 bits per heavy atom. The van der Waals surface area contributed by atoms with E-state index < -0.39 is 11.7 Å². The molecule has 1 aromatic heterocycles. The van der Waals surface area contributed by atoms with Crippen molar-refractivity contribution in [3.63, 3.8) is 0 Å². The first kappa shape index (κ1) is 26.1. The molecule has 1 aliphatic carbocycles. The van der Waals surface area contributed by atoms with Gasteiger partial charge in [-0.2, -0.15) is 13.2 Å². The maximum absolute atomic E-state index is 13.6. The van der Waals surface area contributed by atoms with E-state index in [0.29, 0.717) is 55.8 Å². The first-order valence-corrected chi connectivity index (χ1v) is 12.3. The minimum absolute atomic E-state index is 0.0339. The highest BCUT2D eigenvalue weighted by Gasteiger charge is 2.34. The van der Waals surface area contributed by atoms with E-state index >= 15 is 0 Å². The minimum atomic E-state index is -4.51. The van der Waals surface area contributed by atoms with Gasteiger partial charge in [0.25, 0.3) is 5.91 Å². The Balaban J connectivity index is 1.55. The van der Waals surface area contributed by atoms with E-state index in [-0.39, 0.29) is 40.9 Å². The molecular formula is C25H29ClF3N5O2. The molecule has 7 nitrogen and oxygen atoms in total. The predicted octanol–water partition coefficient (Wildman–Crippen LogP) is 4.56. The second kappa shape index (κ2) is 10.5. The predicted molar refractivity (Wildman–Crippen MR) is 132 cm³/mol. The number of halogens is 4. The second-order valence-electron chi connectivity index (χ2n) is 9.51. The summed E-state index contributed by atoms with van der Waals surface area (Å²) in [6, 6.07) is 5.09. The smallest absolute Gasteiger partial charge is 0.368 e. The average molecular weight is 524 g/mol. The van der Waals surface area contributed by atoms with Crippen molar-refractivity contribution >= 4 is 34.9 Å². The van der Waals surface area contributed by atoms with Crippen molar-refractivity contribution in [2.75, 3.05) is 37.4 Å². The van der Waals surface area contributed by atoms with Gasteiger partial charge in [-0.15, -0.1) is 0 Å². The maximum atomic E-state index is 13.6. The zero-order valence-electron chi connectivity index (χ0n) is 20.2. The van der Waals surface area contributed by atoms with Gasteiger partial charge in [0.1, 0.15) is 5.82 Å². The highest BCUT2D eigenvalue weighted by atomic mass is 35.5. The SMILES string of the molecule is CN(C)C(=O)C1CCC(NC(=O)c2cnc3c(c2)N(Cc2cc(Cl)ccc2C(F)(F)F)CCCN3)C1. The molecule has 0 spiro atoms. The van der Waals surface area contributed by atoms with Gasteiger partial charge in [0.15, 0.2) is 0 Å². The van der Waals surface area contributed by atoms with E-state index in [0.717, 1.165) is 6.07 Å². The molecule has 2 aliphatic rings. The number of carbonyl (C=O) groups excluding carboxylic acids is 2. The quantitative estimate of drug-likeness (QED) is 0.600. The standard InChI is InChI=1S/C25H29ClF3N5O2/c1-33(2)24(36)15-4-6-19(11-15)32-23(35)16-12-21-22(31-13-16)30-8-3-9-34(21)14-17-10-18(26)5-7-20(17)25(27,28)29/h5,7,10,12-13,15,19H,3-4,6,8-9,11,14H2,1-2H3,(H,30,31)(H,32,35). The Labute approximate surface area is 213 Å². The van der Waals surface area contributed by atoms with Crippen LogP contribution in [0.2, 0.25) is 5.02 Å². The van der Waals surface area contributed by atoms with E-state index in [2.05, 4.69) is 15.6 Å². The zero-order valence-corrected chi connectivity index (χ0v) is 20.9. The van der Waals surface area contributed by atoms with Gasteiger partial charge >= 0.3 is 6.18 Å². The van der Waals surface area contributed by atoms with Crippen LogP contribution in [0.1, 0.15) is 47.2 Å². The fourth-order valence-corrected chi connectivity index (χ4v) is 5.06. The molecule has 11 heteroatoms. The number of hydrogen-bond donors (Lipinski definition) is 2. The third-order valence-corrected chi connectivity index (χ3v) is 6.89. The third kappa shape index (κ3) is 5.86. The van der Waals surface area contributed by atoms with Crippen molar-refractivity contribution in [1.29, 1.82) is 0 Å². The lowest BCUT2D eigenvalue weighted by Gasteiger charge is -2.26. The first-order valence-electron chi connectivity index (χ1n) is 11.9. The summed E-state index contributed by atoms with van der Waals surface area (Å²) in [7, 11) is 3.44. The van der Waals surface area contributed by atoms with Gasteiger partial charge in [-0.3, -0.25) is 9.59 Å². The molecule has 2 atom stereocenters. The van der Waals surface area contributed by atoms with Crippen molar-refractivity contribution in [2.45, 2.75) is 44.4 Å². The molecule has 0 radical (unpaired) electrons. The molecule has 2 heterocycles. The summed E-state index contributed by atoms with van der Waals surface area (Å²) in [5, 5.41) is 6.40. The van der Waals surface area contributed by atoms with E-state index in [4.69, 9.17) is 11.6 Å². The maximum Gasteiger partial charge on any atom is 0.416 e. The lowest BCUT2D eigenvalue weighted by Crippen LogP contribution is -2.35. The number of pyridine rings is 1. The monoisotopic (exact) mass is 523 g/mol. The van der Waals surface area contributed by atoms with Crippen LogP contribution in [0.4, 0.5) is 24.7 Å². The Morgan fingerprint density at radius 2 is 2.03 bits per heavy atom. The number of rotatable bonds is 5. The number of carbonyl (C=O) groups is 2. The molecule has 1 aliphatic heterocycles. The summed E-state index contributed by atoms with van der Waals surface area (Å²) in [6.07, 6.45) is -0.379. The number of nitrogens with zero attached hydrogens (tertiary/aromatic N) is 3. The average Bonchev–Trinajstić information content (AvgIpc) is 3.18. The lowest BCUT2D eigenvalue weighted by atomic mass is 10.1. The van der Waals surface area contributed by atoms with Crippen LogP contribution in [-0.2, 0) is 17.5 Å². The largest absolute Gasteiger partial charge is 0.416 e. The highest BCUT2D eigenvalue weighted by molar-refractivity contribution is 6.30. The number of benzene rings is 1. The summed E-state index contributed by atoms with van der Waals surface area (Å²) in [5.41, 5.74) is 0.183. The van der Waals surface area contributed by atoms with Gasteiger partial charge in [0.05, 0.1) is 16.8 Å². The molecule has 2 unspecified atom stereocenters. The molecule has 2 amide bonds. The topological polar surface area (TPSA) is 77.6 Å². The third-order valence-electron chi connectivity index (χ3n) is 6.66. The number of aromatic nitrogens is 1. The lowest BCUT2D eigenvalue weighted by molar-refractivity contribution is -0.138. The molecule has 1 fully saturated rings. The van der Waals surface area contributed by atoms with E-state index in [1.165, 1.54) is 18.3 Å². The van der Waals surface area contributed by atoms with Crippen LogP contribution < -0.4 is 15.5 Å². The summed E-state index contributed by atoms with van der Waals surface area (Å²) in [4.78, 5) is 33.0. The van der Waals surface area contributed by atoms with Crippen LogP contribution in [0.25, 0.3) is 0 Å². The van der Waals surface area contributed by atoms with Crippen molar-refractivity contribution in [3.05, 3.63) is 52.2 Å².